The zero-order chi connectivity index (χ0) is 15.0. The van der Waals surface area contributed by atoms with Crippen molar-refractivity contribution in [2.75, 3.05) is 13.1 Å². The van der Waals surface area contributed by atoms with Gasteiger partial charge >= 0.3 is 6.18 Å². The number of guanidine groups is 1. The molecule has 21 heavy (non-hydrogen) atoms. The first kappa shape index (κ1) is 19.9. The summed E-state index contributed by atoms with van der Waals surface area (Å²) in [4.78, 5) is 8.49. The van der Waals surface area contributed by atoms with Gasteiger partial charge in [0.05, 0.1) is 18.7 Å². The number of rotatable bonds is 5. The molecule has 8 heteroatoms. The van der Waals surface area contributed by atoms with Crippen LogP contribution in [0.4, 0.5) is 13.2 Å². The number of halogens is 4. The fourth-order valence-corrected chi connectivity index (χ4v) is 1.51. The highest BCUT2D eigenvalue weighted by Crippen LogP contribution is 2.18. The van der Waals surface area contributed by atoms with Crippen molar-refractivity contribution in [1.82, 2.24) is 15.6 Å². The summed E-state index contributed by atoms with van der Waals surface area (Å²) in [6, 6.07) is 5.58. The third kappa shape index (κ3) is 9.48. The maximum atomic E-state index is 12.1. The second-order valence-electron chi connectivity index (χ2n) is 4.26. The second-order valence-corrected chi connectivity index (χ2v) is 4.26. The van der Waals surface area contributed by atoms with Gasteiger partial charge in [-0.2, -0.15) is 13.2 Å². The van der Waals surface area contributed by atoms with E-state index in [0.717, 1.165) is 11.4 Å². The van der Waals surface area contributed by atoms with Crippen LogP contribution in [-0.4, -0.2) is 30.2 Å². The van der Waals surface area contributed by atoms with Crippen LogP contribution >= 0.6 is 24.0 Å². The molecular formula is C13H20F3IN4. The number of nitrogens with one attached hydrogen (secondary N) is 2. The predicted octanol–water partition coefficient (Wildman–Crippen LogP) is 3.02. The molecule has 0 saturated heterocycles. The molecule has 4 nitrogen and oxygen atoms in total. The van der Waals surface area contributed by atoms with Crippen molar-refractivity contribution >= 4 is 29.9 Å². The fraction of sp³-hybridized carbons (Fsp3) is 0.538. The summed E-state index contributed by atoms with van der Waals surface area (Å²) in [5, 5.41) is 5.55. The van der Waals surface area contributed by atoms with E-state index in [1.165, 1.54) is 0 Å². The molecule has 1 rings (SSSR count). The molecule has 0 aliphatic heterocycles. The Morgan fingerprint density at radius 3 is 2.57 bits per heavy atom. The van der Waals surface area contributed by atoms with Crippen molar-refractivity contribution in [2.24, 2.45) is 4.99 Å². The minimum Gasteiger partial charge on any atom is -0.357 e. The molecule has 0 unspecified atom stereocenters. The Bertz CT molecular complexity index is 449. The number of aryl methyl sites for hydroxylation is 1. The monoisotopic (exact) mass is 416 g/mol. The van der Waals surface area contributed by atoms with E-state index in [-0.39, 0.29) is 30.5 Å². The van der Waals surface area contributed by atoms with Crippen molar-refractivity contribution in [3.63, 3.8) is 0 Å². The number of aliphatic imine (C=N–C) groups is 1. The standard InChI is InChI=1S/C13H19F3N4.HI/c1-3-17-12(18-8-7-13(14,15)16)19-9-11-6-4-5-10(2)20-11;/h4-6H,3,7-9H2,1-2H3,(H2,17,18,19);1H. The molecule has 1 heterocycles. The van der Waals surface area contributed by atoms with E-state index in [9.17, 15) is 13.2 Å². The zero-order valence-electron chi connectivity index (χ0n) is 12.0. The Kier molecular flexibility index (Phi) is 9.31. The summed E-state index contributed by atoms with van der Waals surface area (Å²) in [5.74, 6) is 0.361. The van der Waals surface area contributed by atoms with Gasteiger partial charge in [0, 0.05) is 18.8 Å². The molecule has 0 aromatic carbocycles. The van der Waals surface area contributed by atoms with Crippen LogP contribution in [0.3, 0.4) is 0 Å². The molecule has 0 aliphatic carbocycles. The number of nitrogens with zero attached hydrogens (tertiary/aromatic N) is 2. The van der Waals surface area contributed by atoms with Crippen LogP contribution in [0.5, 0.6) is 0 Å². The Balaban J connectivity index is 0.00000400. The first-order chi connectivity index (χ1) is 9.40. The van der Waals surface area contributed by atoms with Crippen molar-refractivity contribution in [2.45, 2.75) is 33.0 Å². The lowest BCUT2D eigenvalue weighted by Gasteiger charge is -2.12. The van der Waals surface area contributed by atoms with Crippen molar-refractivity contribution in [1.29, 1.82) is 0 Å². The third-order valence-electron chi connectivity index (χ3n) is 2.39. The van der Waals surface area contributed by atoms with Crippen LogP contribution in [0.25, 0.3) is 0 Å². The lowest BCUT2D eigenvalue weighted by atomic mass is 10.3. The normalized spacial score (nSPS) is 11.8. The van der Waals surface area contributed by atoms with Crippen LogP contribution in [0, 0.1) is 6.92 Å². The largest absolute Gasteiger partial charge is 0.390 e. The molecule has 0 fully saturated rings. The molecule has 0 aliphatic rings. The number of hydrogen-bond donors (Lipinski definition) is 2. The van der Waals surface area contributed by atoms with E-state index >= 15 is 0 Å². The Morgan fingerprint density at radius 2 is 2.00 bits per heavy atom. The summed E-state index contributed by atoms with van der Waals surface area (Å²) < 4.78 is 36.2. The Morgan fingerprint density at radius 1 is 1.29 bits per heavy atom. The summed E-state index contributed by atoms with van der Waals surface area (Å²) in [6.07, 6.45) is -5.05. The van der Waals surface area contributed by atoms with Gasteiger partial charge in [0.1, 0.15) is 0 Å². The summed E-state index contributed by atoms with van der Waals surface area (Å²) in [7, 11) is 0. The van der Waals surface area contributed by atoms with Crippen LogP contribution in [0.15, 0.2) is 23.2 Å². The van der Waals surface area contributed by atoms with Crippen molar-refractivity contribution < 1.29 is 13.2 Å². The summed E-state index contributed by atoms with van der Waals surface area (Å²) in [6.45, 7) is 4.44. The average molecular weight is 416 g/mol. The van der Waals surface area contributed by atoms with Crippen LogP contribution < -0.4 is 10.6 Å². The van der Waals surface area contributed by atoms with Gasteiger partial charge in [0.2, 0.25) is 0 Å². The quantitative estimate of drug-likeness (QED) is 0.441. The Labute approximate surface area is 139 Å². The molecule has 0 bridgehead atoms. The van der Waals surface area contributed by atoms with Gasteiger partial charge in [0.15, 0.2) is 5.96 Å². The smallest absolute Gasteiger partial charge is 0.357 e. The molecule has 2 N–H and O–H groups in total. The molecular weight excluding hydrogens is 396 g/mol. The van der Waals surface area contributed by atoms with Gasteiger partial charge in [-0.3, -0.25) is 4.98 Å². The van der Waals surface area contributed by atoms with E-state index in [0.29, 0.717) is 19.0 Å². The highest BCUT2D eigenvalue weighted by molar-refractivity contribution is 14.0. The van der Waals surface area contributed by atoms with Crippen molar-refractivity contribution in [3.8, 4) is 0 Å². The summed E-state index contributed by atoms with van der Waals surface area (Å²) in [5.41, 5.74) is 1.66. The highest BCUT2D eigenvalue weighted by Gasteiger charge is 2.26. The SMILES string of the molecule is CCNC(=NCc1cccc(C)n1)NCCC(F)(F)F.I. The second kappa shape index (κ2) is 9.80. The number of alkyl halides is 3. The minimum atomic E-state index is -4.16. The van der Waals surface area contributed by atoms with Gasteiger partial charge < -0.3 is 10.6 Å². The van der Waals surface area contributed by atoms with Crippen LogP contribution in [0.2, 0.25) is 0 Å². The molecule has 0 atom stereocenters. The molecule has 1 aromatic heterocycles. The molecule has 1 aromatic rings. The number of pyridine rings is 1. The summed E-state index contributed by atoms with van der Waals surface area (Å²) >= 11 is 0. The lowest BCUT2D eigenvalue weighted by molar-refractivity contribution is -0.132. The maximum Gasteiger partial charge on any atom is 0.390 e. The number of aromatic nitrogens is 1. The van der Waals surface area contributed by atoms with Gasteiger partial charge in [-0.05, 0) is 26.0 Å². The van der Waals surface area contributed by atoms with Gasteiger partial charge in [-0.25, -0.2) is 4.99 Å². The predicted molar refractivity (Wildman–Crippen MR) is 87.9 cm³/mol. The van der Waals surface area contributed by atoms with Gasteiger partial charge in [0.25, 0.3) is 0 Å². The van der Waals surface area contributed by atoms with Crippen LogP contribution in [-0.2, 0) is 6.54 Å². The lowest BCUT2D eigenvalue weighted by Crippen LogP contribution is -2.38. The number of hydrogen-bond acceptors (Lipinski definition) is 2. The molecule has 0 spiro atoms. The van der Waals surface area contributed by atoms with Gasteiger partial charge in [-0.1, -0.05) is 6.07 Å². The minimum absolute atomic E-state index is 0. The van der Waals surface area contributed by atoms with E-state index in [2.05, 4.69) is 20.6 Å². The first-order valence-corrected chi connectivity index (χ1v) is 6.42. The average Bonchev–Trinajstić information content (AvgIpc) is 2.34. The Hall–Kier alpha value is -1.06. The zero-order valence-corrected chi connectivity index (χ0v) is 14.3. The van der Waals surface area contributed by atoms with E-state index in [4.69, 9.17) is 0 Å². The third-order valence-corrected chi connectivity index (χ3v) is 2.39. The van der Waals surface area contributed by atoms with Crippen LogP contribution in [0.1, 0.15) is 24.7 Å². The van der Waals surface area contributed by atoms with Gasteiger partial charge in [-0.15, -0.1) is 24.0 Å². The molecule has 0 saturated carbocycles. The fourth-order valence-electron chi connectivity index (χ4n) is 1.51. The van der Waals surface area contributed by atoms with E-state index < -0.39 is 12.6 Å². The highest BCUT2D eigenvalue weighted by atomic mass is 127. The van der Waals surface area contributed by atoms with E-state index in [1.807, 2.05) is 32.0 Å². The topological polar surface area (TPSA) is 49.3 Å². The molecule has 0 amide bonds. The van der Waals surface area contributed by atoms with Crippen molar-refractivity contribution in [3.05, 3.63) is 29.6 Å². The first-order valence-electron chi connectivity index (χ1n) is 6.42. The maximum absolute atomic E-state index is 12.1. The van der Waals surface area contributed by atoms with E-state index in [1.54, 1.807) is 0 Å². The molecule has 0 radical (unpaired) electrons. The molecule has 120 valence electrons.